The Morgan fingerprint density at radius 2 is 1.74 bits per heavy atom. The maximum Gasteiger partial charge on any atom is 0.318 e. The summed E-state index contributed by atoms with van der Waals surface area (Å²) in [5.74, 6) is -0.920. The average molecular weight is 497 g/mol. The molecule has 3 aliphatic rings. The van der Waals surface area contributed by atoms with Gasteiger partial charge in [0.2, 0.25) is 5.91 Å². The Labute approximate surface area is 208 Å². The summed E-state index contributed by atoms with van der Waals surface area (Å²) < 4.78 is 5.33. The zero-order chi connectivity index (χ0) is 25.3. The van der Waals surface area contributed by atoms with Crippen LogP contribution in [0.25, 0.3) is 0 Å². The fraction of sp³-hybridized carbons (Fsp3) is 0.880. The average Bonchev–Trinajstić information content (AvgIpc) is 2.88. The summed E-state index contributed by atoms with van der Waals surface area (Å²) in [4.78, 5) is 41.1. The van der Waals surface area contributed by atoms with Gasteiger partial charge in [0.1, 0.15) is 5.54 Å². The number of urea groups is 1. The molecule has 10 nitrogen and oxygen atoms in total. The van der Waals surface area contributed by atoms with Gasteiger partial charge in [-0.1, -0.05) is 51.9 Å². The van der Waals surface area contributed by atoms with Gasteiger partial charge < -0.3 is 35.8 Å². The smallest absolute Gasteiger partial charge is 0.318 e. The molecule has 0 bridgehead atoms. The second-order valence-electron chi connectivity index (χ2n) is 10.3. The van der Waals surface area contributed by atoms with Crippen molar-refractivity contribution in [2.75, 3.05) is 26.3 Å². The van der Waals surface area contributed by atoms with E-state index in [2.05, 4.69) is 16.0 Å². The minimum atomic E-state index is -1.43. The molecule has 3 fully saturated rings. The van der Waals surface area contributed by atoms with Crippen LogP contribution in [0.4, 0.5) is 4.79 Å². The number of morpholine rings is 1. The van der Waals surface area contributed by atoms with Crippen molar-refractivity contribution in [3.63, 3.8) is 0 Å². The summed E-state index contributed by atoms with van der Waals surface area (Å²) in [5.41, 5.74) is -1.06. The lowest BCUT2D eigenvalue weighted by atomic mass is 9.80. The minimum absolute atomic E-state index is 0.278. The van der Waals surface area contributed by atoms with Gasteiger partial charge in [0.25, 0.3) is 5.91 Å². The molecule has 1 aliphatic heterocycles. The highest BCUT2D eigenvalue weighted by Crippen LogP contribution is 2.29. The van der Waals surface area contributed by atoms with Gasteiger partial charge >= 0.3 is 6.03 Å². The van der Waals surface area contributed by atoms with Crippen molar-refractivity contribution in [2.45, 2.75) is 114 Å². The third-order valence-electron chi connectivity index (χ3n) is 7.68. The summed E-state index contributed by atoms with van der Waals surface area (Å²) >= 11 is 0. The first-order chi connectivity index (χ1) is 16.9. The fourth-order valence-corrected chi connectivity index (χ4v) is 5.38. The predicted octanol–water partition coefficient (Wildman–Crippen LogP) is 1.19. The topological polar surface area (TPSA) is 140 Å². The predicted molar refractivity (Wildman–Crippen MR) is 131 cm³/mol. The second-order valence-corrected chi connectivity index (χ2v) is 10.3. The number of amides is 4. The van der Waals surface area contributed by atoms with Crippen LogP contribution in [-0.2, 0) is 14.3 Å². The molecule has 3 rings (SSSR count). The van der Waals surface area contributed by atoms with E-state index in [9.17, 15) is 24.6 Å². The zero-order valence-electron chi connectivity index (χ0n) is 21.1. The number of aliphatic hydroxyl groups is 2. The number of aliphatic hydroxyl groups excluding tert-OH is 2. The Kier molecular flexibility index (Phi) is 10.6. The van der Waals surface area contributed by atoms with E-state index in [-0.39, 0.29) is 18.0 Å². The summed E-state index contributed by atoms with van der Waals surface area (Å²) in [6, 6.07) is -1.44. The van der Waals surface area contributed by atoms with Crippen molar-refractivity contribution in [1.82, 2.24) is 20.9 Å². The number of unbranched alkanes of at least 4 members (excludes halogenated alkanes) is 1. The van der Waals surface area contributed by atoms with Crippen molar-refractivity contribution in [3.05, 3.63) is 0 Å². The molecule has 4 atom stereocenters. The van der Waals surface area contributed by atoms with Gasteiger partial charge in [0.15, 0.2) is 6.10 Å². The maximum absolute atomic E-state index is 13.6. The molecule has 200 valence electrons. The molecule has 35 heavy (non-hydrogen) atoms. The van der Waals surface area contributed by atoms with Crippen LogP contribution in [0.3, 0.4) is 0 Å². The van der Waals surface area contributed by atoms with Crippen LogP contribution in [0.5, 0.6) is 0 Å². The molecule has 4 amide bonds. The van der Waals surface area contributed by atoms with Gasteiger partial charge in [-0.2, -0.15) is 0 Å². The number of ether oxygens (including phenoxy) is 1. The largest absolute Gasteiger partial charge is 0.391 e. The van der Waals surface area contributed by atoms with Crippen molar-refractivity contribution in [2.24, 2.45) is 0 Å². The van der Waals surface area contributed by atoms with Gasteiger partial charge in [0.05, 0.1) is 31.4 Å². The number of hydrogen-bond donors (Lipinski definition) is 5. The Morgan fingerprint density at radius 1 is 1.06 bits per heavy atom. The SMILES string of the molecule is CCCCC(NC(=O)C1(NC(=O)N2CCOCC2)CCCCC1)C(O)C(=O)NC1CCCCC1O. The monoisotopic (exact) mass is 496 g/mol. The van der Waals surface area contributed by atoms with Gasteiger partial charge in [-0.05, 0) is 32.1 Å². The molecule has 5 N–H and O–H groups in total. The Bertz CT molecular complexity index is 708. The molecule has 0 aromatic rings. The Morgan fingerprint density at radius 3 is 2.40 bits per heavy atom. The van der Waals surface area contributed by atoms with Crippen LogP contribution in [0.2, 0.25) is 0 Å². The summed E-state index contributed by atoms with van der Waals surface area (Å²) in [6.07, 6.45) is 6.77. The lowest BCUT2D eigenvalue weighted by molar-refractivity contribution is -0.136. The highest BCUT2D eigenvalue weighted by Gasteiger charge is 2.43. The van der Waals surface area contributed by atoms with Gasteiger partial charge in [-0.3, -0.25) is 9.59 Å². The van der Waals surface area contributed by atoms with E-state index in [1.54, 1.807) is 4.90 Å². The first kappa shape index (κ1) is 27.7. The number of rotatable bonds is 9. The van der Waals surface area contributed by atoms with Gasteiger partial charge in [-0.25, -0.2) is 4.79 Å². The summed E-state index contributed by atoms with van der Waals surface area (Å²) in [7, 11) is 0. The quantitative estimate of drug-likeness (QED) is 0.325. The summed E-state index contributed by atoms with van der Waals surface area (Å²) in [5, 5.41) is 29.8. The standard InChI is InChI=1S/C25H44N4O6/c1-2-3-9-19(21(31)22(32)26-18-10-5-6-11-20(18)30)27-23(33)25(12-7-4-8-13-25)28-24(34)29-14-16-35-17-15-29/h18-21,30-31H,2-17H2,1H3,(H,26,32)(H,27,33)(H,28,34). The highest BCUT2D eigenvalue weighted by molar-refractivity contribution is 5.92. The molecule has 1 saturated heterocycles. The van der Waals surface area contributed by atoms with E-state index in [0.717, 1.165) is 44.9 Å². The lowest BCUT2D eigenvalue weighted by Gasteiger charge is -2.40. The molecule has 2 saturated carbocycles. The van der Waals surface area contributed by atoms with E-state index in [1.165, 1.54) is 0 Å². The van der Waals surface area contributed by atoms with E-state index >= 15 is 0 Å². The third kappa shape index (κ3) is 7.54. The van der Waals surface area contributed by atoms with Gasteiger partial charge in [-0.15, -0.1) is 0 Å². The van der Waals surface area contributed by atoms with Crippen molar-refractivity contribution in [1.29, 1.82) is 0 Å². The fourth-order valence-electron chi connectivity index (χ4n) is 5.38. The van der Waals surface area contributed by atoms with Crippen LogP contribution < -0.4 is 16.0 Å². The third-order valence-corrected chi connectivity index (χ3v) is 7.68. The minimum Gasteiger partial charge on any atom is -0.391 e. The van der Waals surface area contributed by atoms with Crippen LogP contribution >= 0.6 is 0 Å². The number of nitrogens with one attached hydrogen (secondary N) is 3. The number of carbonyl (C=O) groups is 3. The second kappa shape index (κ2) is 13.4. The molecule has 0 radical (unpaired) electrons. The molecule has 4 unspecified atom stereocenters. The number of hydrogen-bond acceptors (Lipinski definition) is 6. The van der Waals surface area contributed by atoms with Crippen LogP contribution in [0.15, 0.2) is 0 Å². The van der Waals surface area contributed by atoms with Crippen molar-refractivity contribution in [3.8, 4) is 0 Å². The summed E-state index contributed by atoms with van der Waals surface area (Å²) in [6.45, 7) is 3.92. The van der Waals surface area contributed by atoms with Crippen LogP contribution in [-0.4, -0.2) is 89.1 Å². The molecule has 1 heterocycles. The van der Waals surface area contributed by atoms with E-state index < -0.39 is 29.7 Å². The van der Waals surface area contributed by atoms with Crippen LogP contribution in [0.1, 0.15) is 84.0 Å². The van der Waals surface area contributed by atoms with E-state index in [1.807, 2.05) is 6.92 Å². The van der Waals surface area contributed by atoms with Crippen LogP contribution in [0, 0.1) is 0 Å². The maximum atomic E-state index is 13.6. The highest BCUT2D eigenvalue weighted by atomic mass is 16.5. The van der Waals surface area contributed by atoms with Crippen molar-refractivity contribution < 1.29 is 29.3 Å². The normalized spacial score (nSPS) is 26.3. The zero-order valence-corrected chi connectivity index (χ0v) is 21.1. The molecule has 2 aliphatic carbocycles. The van der Waals surface area contributed by atoms with Gasteiger partial charge in [0, 0.05) is 13.1 Å². The first-order valence-corrected chi connectivity index (χ1v) is 13.5. The lowest BCUT2D eigenvalue weighted by Crippen LogP contribution is -2.65. The number of carbonyl (C=O) groups excluding carboxylic acids is 3. The Balaban J connectivity index is 1.68. The molecule has 0 spiro atoms. The number of nitrogens with zero attached hydrogens (tertiary/aromatic N) is 1. The van der Waals surface area contributed by atoms with E-state index in [0.29, 0.717) is 58.4 Å². The Hall–Kier alpha value is -1.91. The molecule has 0 aromatic carbocycles. The molecular weight excluding hydrogens is 452 g/mol. The van der Waals surface area contributed by atoms with Crippen molar-refractivity contribution >= 4 is 17.8 Å². The molecular formula is C25H44N4O6. The molecule has 10 heteroatoms. The first-order valence-electron chi connectivity index (χ1n) is 13.5. The molecule has 0 aromatic heterocycles. The van der Waals surface area contributed by atoms with E-state index in [4.69, 9.17) is 4.74 Å².